The molecule has 0 aliphatic carbocycles. The Bertz CT molecular complexity index is 1090. The van der Waals surface area contributed by atoms with Gasteiger partial charge in [-0.2, -0.15) is 0 Å². The molecule has 0 heterocycles. The maximum atomic E-state index is 13.5. The smallest absolute Gasteiger partial charge is 0.244 e. The summed E-state index contributed by atoms with van der Waals surface area (Å²) in [6.07, 6.45) is 1.79. The van der Waals surface area contributed by atoms with E-state index in [0.29, 0.717) is 17.8 Å². The van der Waals surface area contributed by atoms with Gasteiger partial charge in [0.25, 0.3) is 0 Å². The van der Waals surface area contributed by atoms with Crippen LogP contribution in [0.3, 0.4) is 0 Å². The van der Waals surface area contributed by atoms with Crippen LogP contribution in [-0.4, -0.2) is 50.5 Å². The SMILES string of the molecule is CCCNC(=O)[C@@H](C)N(Cc1ccc(F)cc1)C(=O)CN(c1ccccc1C(C)C)S(C)(=O)=O. The summed E-state index contributed by atoms with van der Waals surface area (Å²) in [4.78, 5) is 27.5. The second kappa shape index (κ2) is 12.0. The van der Waals surface area contributed by atoms with E-state index in [-0.39, 0.29) is 18.4 Å². The van der Waals surface area contributed by atoms with Gasteiger partial charge in [-0.25, -0.2) is 12.8 Å². The normalized spacial score (nSPS) is 12.3. The molecule has 9 heteroatoms. The summed E-state index contributed by atoms with van der Waals surface area (Å²) in [6, 6.07) is 11.8. The lowest BCUT2D eigenvalue weighted by Gasteiger charge is -2.32. The highest BCUT2D eigenvalue weighted by molar-refractivity contribution is 7.92. The lowest BCUT2D eigenvalue weighted by molar-refractivity contribution is -0.139. The molecule has 0 aliphatic heterocycles. The standard InChI is InChI=1S/C25H34FN3O4S/c1-6-15-27-25(31)19(4)28(16-20-11-13-21(26)14-12-20)24(30)17-29(34(5,32)33)23-10-8-7-9-22(23)18(2)3/h7-14,18-19H,6,15-17H2,1-5H3,(H,27,31)/t19-/m1/s1. The number of benzene rings is 2. The molecule has 186 valence electrons. The van der Waals surface area contributed by atoms with E-state index in [2.05, 4.69) is 5.32 Å². The minimum absolute atomic E-state index is 0.0310. The monoisotopic (exact) mass is 491 g/mol. The lowest BCUT2D eigenvalue weighted by Crippen LogP contribution is -2.51. The van der Waals surface area contributed by atoms with Crippen LogP contribution in [0.1, 0.15) is 51.2 Å². The molecule has 0 saturated heterocycles. The Morgan fingerprint density at radius 1 is 1.03 bits per heavy atom. The van der Waals surface area contributed by atoms with Crippen molar-refractivity contribution in [3.8, 4) is 0 Å². The van der Waals surface area contributed by atoms with Gasteiger partial charge in [0.15, 0.2) is 0 Å². The molecule has 2 amide bonds. The van der Waals surface area contributed by atoms with Crippen molar-refractivity contribution in [3.05, 3.63) is 65.5 Å². The molecule has 2 rings (SSSR count). The fourth-order valence-corrected chi connectivity index (χ4v) is 4.43. The van der Waals surface area contributed by atoms with E-state index in [4.69, 9.17) is 0 Å². The number of rotatable bonds is 11. The second-order valence-electron chi connectivity index (χ2n) is 8.60. The van der Waals surface area contributed by atoms with Crippen molar-refractivity contribution in [1.82, 2.24) is 10.2 Å². The predicted molar refractivity (Wildman–Crippen MR) is 132 cm³/mol. The predicted octanol–water partition coefficient (Wildman–Crippen LogP) is 3.66. The van der Waals surface area contributed by atoms with Crippen LogP contribution in [0.25, 0.3) is 0 Å². The molecule has 0 spiro atoms. The average Bonchev–Trinajstić information content (AvgIpc) is 2.79. The zero-order valence-corrected chi connectivity index (χ0v) is 21.2. The molecule has 0 bridgehead atoms. The van der Waals surface area contributed by atoms with Crippen molar-refractivity contribution in [2.24, 2.45) is 0 Å². The summed E-state index contributed by atoms with van der Waals surface area (Å²) in [6.45, 7) is 7.43. The zero-order chi connectivity index (χ0) is 25.5. The number of para-hydroxylation sites is 1. The second-order valence-corrected chi connectivity index (χ2v) is 10.5. The molecule has 1 N–H and O–H groups in total. The van der Waals surface area contributed by atoms with Gasteiger partial charge in [0, 0.05) is 13.1 Å². The van der Waals surface area contributed by atoms with Crippen LogP contribution < -0.4 is 9.62 Å². The molecule has 1 atom stereocenters. The van der Waals surface area contributed by atoms with Crippen LogP contribution in [0.2, 0.25) is 0 Å². The Balaban J connectivity index is 2.43. The summed E-state index contributed by atoms with van der Waals surface area (Å²) in [5.41, 5.74) is 1.84. The van der Waals surface area contributed by atoms with Crippen molar-refractivity contribution in [3.63, 3.8) is 0 Å². The molecular weight excluding hydrogens is 457 g/mol. The van der Waals surface area contributed by atoms with E-state index in [1.54, 1.807) is 19.1 Å². The maximum absolute atomic E-state index is 13.5. The number of anilines is 1. The molecule has 0 unspecified atom stereocenters. The van der Waals surface area contributed by atoms with Crippen molar-refractivity contribution >= 4 is 27.5 Å². The van der Waals surface area contributed by atoms with E-state index in [9.17, 15) is 22.4 Å². The van der Waals surface area contributed by atoms with Crippen LogP contribution in [0.15, 0.2) is 48.5 Å². The number of nitrogens with zero attached hydrogens (tertiary/aromatic N) is 2. The van der Waals surface area contributed by atoms with Gasteiger partial charge in [-0.15, -0.1) is 0 Å². The van der Waals surface area contributed by atoms with Crippen molar-refractivity contribution in [2.45, 2.75) is 52.6 Å². The van der Waals surface area contributed by atoms with Crippen LogP contribution in [-0.2, 0) is 26.2 Å². The molecule has 0 aromatic heterocycles. The topological polar surface area (TPSA) is 86.8 Å². The minimum Gasteiger partial charge on any atom is -0.354 e. The fourth-order valence-electron chi connectivity index (χ4n) is 3.56. The van der Waals surface area contributed by atoms with Crippen LogP contribution in [0, 0.1) is 5.82 Å². The Hall–Kier alpha value is -2.94. The number of nitrogens with one attached hydrogen (secondary N) is 1. The zero-order valence-electron chi connectivity index (χ0n) is 20.4. The Morgan fingerprint density at radius 2 is 1.65 bits per heavy atom. The average molecular weight is 492 g/mol. The molecule has 2 aromatic rings. The van der Waals surface area contributed by atoms with Gasteiger partial charge < -0.3 is 10.2 Å². The van der Waals surface area contributed by atoms with Crippen LogP contribution >= 0.6 is 0 Å². The fraction of sp³-hybridized carbons (Fsp3) is 0.440. The van der Waals surface area contributed by atoms with E-state index >= 15 is 0 Å². The number of carbonyl (C=O) groups is 2. The van der Waals surface area contributed by atoms with Crippen molar-refractivity contribution < 1.29 is 22.4 Å². The lowest BCUT2D eigenvalue weighted by atomic mass is 10.0. The van der Waals surface area contributed by atoms with Gasteiger partial charge in [-0.3, -0.25) is 13.9 Å². The molecule has 7 nitrogen and oxygen atoms in total. The molecule has 0 aliphatic rings. The Morgan fingerprint density at radius 3 is 2.21 bits per heavy atom. The number of halogens is 1. The van der Waals surface area contributed by atoms with E-state index in [0.717, 1.165) is 22.5 Å². The summed E-state index contributed by atoms with van der Waals surface area (Å²) < 4.78 is 39.9. The minimum atomic E-state index is -3.81. The van der Waals surface area contributed by atoms with Gasteiger partial charge in [0.05, 0.1) is 11.9 Å². The largest absolute Gasteiger partial charge is 0.354 e. The van der Waals surface area contributed by atoms with Crippen LogP contribution in [0.4, 0.5) is 10.1 Å². The summed E-state index contributed by atoms with van der Waals surface area (Å²) >= 11 is 0. The molecule has 0 radical (unpaired) electrons. The number of hydrogen-bond donors (Lipinski definition) is 1. The van der Waals surface area contributed by atoms with E-state index < -0.39 is 34.3 Å². The first kappa shape index (κ1) is 27.3. The van der Waals surface area contributed by atoms with Crippen LogP contribution in [0.5, 0.6) is 0 Å². The maximum Gasteiger partial charge on any atom is 0.244 e. The van der Waals surface area contributed by atoms with E-state index in [1.807, 2.05) is 32.9 Å². The van der Waals surface area contributed by atoms with Gasteiger partial charge in [0.1, 0.15) is 18.4 Å². The number of hydrogen-bond acceptors (Lipinski definition) is 4. The van der Waals surface area contributed by atoms with Crippen molar-refractivity contribution in [2.75, 3.05) is 23.7 Å². The summed E-state index contributed by atoms with van der Waals surface area (Å²) in [5.74, 6) is -1.26. The third-order valence-electron chi connectivity index (χ3n) is 5.49. The number of carbonyl (C=O) groups excluding carboxylic acids is 2. The number of amides is 2. The third kappa shape index (κ3) is 7.28. The van der Waals surface area contributed by atoms with Gasteiger partial charge in [0.2, 0.25) is 21.8 Å². The Labute approximate surface area is 202 Å². The highest BCUT2D eigenvalue weighted by atomic mass is 32.2. The van der Waals surface area contributed by atoms with Gasteiger partial charge in [-0.05, 0) is 48.6 Å². The van der Waals surface area contributed by atoms with E-state index in [1.165, 1.54) is 29.2 Å². The highest BCUT2D eigenvalue weighted by Crippen LogP contribution is 2.29. The summed E-state index contributed by atoms with van der Waals surface area (Å²) in [5, 5.41) is 2.78. The highest BCUT2D eigenvalue weighted by Gasteiger charge is 2.31. The molecule has 0 saturated carbocycles. The first-order chi connectivity index (χ1) is 16.0. The third-order valence-corrected chi connectivity index (χ3v) is 6.62. The Kier molecular flexibility index (Phi) is 9.61. The van der Waals surface area contributed by atoms with Gasteiger partial charge >= 0.3 is 0 Å². The van der Waals surface area contributed by atoms with Gasteiger partial charge in [-0.1, -0.05) is 51.1 Å². The molecule has 34 heavy (non-hydrogen) atoms. The number of sulfonamides is 1. The molecule has 0 fully saturated rings. The first-order valence-corrected chi connectivity index (χ1v) is 13.2. The molecular formula is C25H34FN3O4S. The summed E-state index contributed by atoms with van der Waals surface area (Å²) in [7, 11) is -3.81. The molecule has 2 aromatic carbocycles. The van der Waals surface area contributed by atoms with Crippen molar-refractivity contribution in [1.29, 1.82) is 0 Å². The first-order valence-electron chi connectivity index (χ1n) is 11.3. The quantitative estimate of drug-likeness (QED) is 0.520.